The quantitative estimate of drug-likeness (QED) is 0.695. The lowest BCUT2D eigenvalue weighted by Crippen LogP contribution is -2.15. The fourth-order valence-corrected chi connectivity index (χ4v) is 2.75. The predicted molar refractivity (Wildman–Crippen MR) is 102 cm³/mol. The molecule has 3 aromatic rings. The highest BCUT2D eigenvalue weighted by Crippen LogP contribution is 2.20. The van der Waals surface area contributed by atoms with E-state index >= 15 is 0 Å². The van der Waals surface area contributed by atoms with E-state index in [2.05, 4.69) is 17.4 Å². The number of hydrogen-bond acceptors (Lipinski definition) is 2. The average molecular weight is 345 g/mol. The molecule has 4 nitrogen and oxygen atoms in total. The number of carboxylic acid groups (broad SMARTS) is 1. The van der Waals surface area contributed by atoms with Gasteiger partial charge in [-0.1, -0.05) is 54.6 Å². The zero-order chi connectivity index (χ0) is 18.4. The highest BCUT2D eigenvalue weighted by atomic mass is 16.4. The van der Waals surface area contributed by atoms with Crippen LogP contribution in [0.4, 0.5) is 5.69 Å². The molecule has 0 heterocycles. The summed E-state index contributed by atoms with van der Waals surface area (Å²) < 4.78 is 0. The Labute approximate surface area is 152 Å². The van der Waals surface area contributed by atoms with Gasteiger partial charge in [-0.15, -0.1) is 0 Å². The molecule has 3 aromatic carbocycles. The first-order valence-electron chi connectivity index (χ1n) is 8.40. The minimum atomic E-state index is -1.07. The molecule has 130 valence electrons. The van der Waals surface area contributed by atoms with Crippen molar-refractivity contribution in [1.82, 2.24) is 0 Å². The minimum absolute atomic E-state index is 0.0812. The Hall–Kier alpha value is -3.40. The Kier molecular flexibility index (Phi) is 5.44. The number of aryl methyl sites for hydroxylation is 2. The van der Waals surface area contributed by atoms with Crippen LogP contribution in [0, 0.1) is 0 Å². The third-order valence-corrected chi connectivity index (χ3v) is 4.14. The van der Waals surface area contributed by atoms with Crippen molar-refractivity contribution in [1.29, 1.82) is 0 Å². The smallest absolute Gasteiger partial charge is 0.337 e. The van der Waals surface area contributed by atoms with E-state index in [0.29, 0.717) is 11.3 Å². The van der Waals surface area contributed by atoms with E-state index in [1.54, 1.807) is 42.5 Å². The minimum Gasteiger partial charge on any atom is -0.478 e. The molecule has 3 rings (SSSR count). The van der Waals surface area contributed by atoms with Crippen molar-refractivity contribution in [3.05, 3.63) is 101 Å². The molecule has 0 aliphatic heterocycles. The van der Waals surface area contributed by atoms with Gasteiger partial charge in [0.15, 0.2) is 0 Å². The van der Waals surface area contributed by atoms with Gasteiger partial charge in [0.1, 0.15) is 0 Å². The highest BCUT2D eigenvalue weighted by molar-refractivity contribution is 6.07. The van der Waals surface area contributed by atoms with Crippen LogP contribution >= 0.6 is 0 Å². The van der Waals surface area contributed by atoms with Gasteiger partial charge in [0.25, 0.3) is 5.91 Å². The molecule has 0 aromatic heterocycles. The number of rotatable bonds is 6. The Morgan fingerprint density at radius 3 is 2.04 bits per heavy atom. The van der Waals surface area contributed by atoms with Crippen molar-refractivity contribution in [2.75, 3.05) is 5.32 Å². The number of benzene rings is 3. The summed E-state index contributed by atoms with van der Waals surface area (Å²) in [5.74, 6) is -1.39. The number of amides is 1. The Morgan fingerprint density at radius 2 is 1.38 bits per heavy atom. The summed E-state index contributed by atoms with van der Waals surface area (Å²) in [6.07, 6.45) is 1.61. The van der Waals surface area contributed by atoms with Crippen molar-refractivity contribution >= 4 is 17.6 Å². The maximum atomic E-state index is 12.4. The van der Waals surface area contributed by atoms with E-state index in [1.165, 1.54) is 5.56 Å². The second-order valence-electron chi connectivity index (χ2n) is 5.99. The van der Waals surface area contributed by atoms with Gasteiger partial charge in [-0.2, -0.15) is 0 Å². The first-order valence-corrected chi connectivity index (χ1v) is 8.40. The molecule has 0 bridgehead atoms. The van der Waals surface area contributed by atoms with Crippen LogP contribution in [0.2, 0.25) is 0 Å². The normalized spacial score (nSPS) is 10.3. The second kappa shape index (κ2) is 8.12. The summed E-state index contributed by atoms with van der Waals surface area (Å²) in [4.78, 5) is 23.9. The molecule has 0 aliphatic carbocycles. The summed E-state index contributed by atoms with van der Waals surface area (Å²) in [6.45, 7) is 0. The molecule has 0 spiro atoms. The maximum absolute atomic E-state index is 12.4. The van der Waals surface area contributed by atoms with E-state index < -0.39 is 5.97 Å². The predicted octanol–water partition coefficient (Wildman–Crippen LogP) is 4.42. The monoisotopic (exact) mass is 345 g/mol. The Bertz CT molecular complexity index is 905. The molecule has 1 amide bonds. The van der Waals surface area contributed by atoms with E-state index in [9.17, 15) is 14.7 Å². The standard InChI is InChI=1S/C22H19NO3/c24-21(18-9-5-2-6-10-18)23-20-15-17(13-14-19(20)22(25)26)12-11-16-7-3-1-4-8-16/h1-10,13-15H,11-12H2,(H,23,24)(H,25,26). The molecule has 4 heteroatoms. The molecular weight excluding hydrogens is 326 g/mol. The molecule has 0 saturated carbocycles. The van der Waals surface area contributed by atoms with Gasteiger partial charge in [0.2, 0.25) is 0 Å². The van der Waals surface area contributed by atoms with Gasteiger partial charge in [-0.05, 0) is 48.2 Å². The van der Waals surface area contributed by atoms with E-state index in [1.807, 2.05) is 24.3 Å². The molecule has 26 heavy (non-hydrogen) atoms. The molecule has 0 aliphatic rings. The average Bonchev–Trinajstić information content (AvgIpc) is 2.68. The first-order chi connectivity index (χ1) is 12.6. The van der Waals surface area contributed by atoms with Crippen LogP contribution in [-0.2, 0) is 12.8 Å². The molecule has 0 saturated heterocycles. The van der Waals surface area contributed by atoms with Crippen molar-refractivity contribution in [3.63, 3.8) is 0 Å². The number of aromatic carboxylic acids is 1. The van der Waals surface area contributed by atoms with E-state index in [0.717, 1.165) is 18.4 Å². The largest absolute Gasteiger partial charge is 0.478 e. The number of hydrogen-bond donors (Lipinski definition) is 2. The molecule has 0 radical (unpaired) electrons. The first kappa shape index (κ1) is 17.4. The number of carboxylic acids is 1. The topological polar surface area (TPSA) is 66.4 Å². The fourth-order valence-electron chi connectivity index (χ4n) is 2.75. The maximum Gasteiger partial charge on any atom is 0.337 e. The second-order valence-corrected chi connectivity index (χ2v) is 5.99. The third-order valence-electron chi connectivity index (χ3n) is 4.14. The van der Waals surface area contributed by atoms with Gasteiger partial charge < -0.3 is 10.4 Å². The van der Waals surface area contributed by atoms with Crippen LogP contribution < -0.4 is 5.32 Å². The Morgan fingerprint density at radius 1 is 0.769 bits per heavy atom. The molecular formula is C22H19NO3. The summed E-state index contributed by atoms with van der Waals surface area (Å²) in [7, 11) is 0. The molecule has 0 unspecified atom stereocenters. The number of nitrogens with one attached hydrogen (secondary N) is 1. The Balaban J connectivity index is 1.80. The lowest BCUT2D eigenvalue weighted by Gasteiger charge is -2.11. The van der Waals surface area contributed by atoms with Gasteiger partial charge in [-0.25, -0.2) is 4.79 Å². The van der Waals surface area contributed by atoms with Gasteiger partial charge in [0.05, 0.1) is 11.3 Å². The molecule has 2 N–H and O–H groups in total. The van der Waals surface area contributed by atoms with E-state index in [-0.39, 0.29) is 11.5 Å². The number of anilines is 1. The van der Waals surface area contributed by atoms with Gasteiger partial charge in [0, 0.05) is 5.56 Å². The van der Waals surface area contributed by atoms with Crippen molar-refractivity contribution in [2.24, 2.45) is 0 Å². The van der Waals surface area contributed by atoms with Crippen LogP contribution in [0.1, 0.15) is 31.8 Å². The summed E-state index contributed by atoms with van der Waals surface area (Å²) in [5, 5.41) is 12.1. The highest BCUT2D eigenvalue weighted by Gasteiger charge is 2.14. The SMILES string of the molecule is O=C(Nc1cc(CCc2ccccc2)ccc1C(=O)O)c1ccccc1. The third kappa shape index (κ3) is 4.36. The van der Waals surface area contributed by atoms with Gasteiger partial charge in [-0.3, -0.25) is 4.79 Å². The number of carbonyl (C=O) groups excluding carboxylic acids is 1. The van der Waals surface area contributed by atoms with Gasteiger partial charge >= 0.3 is 5.97 Å². The van der Waals surface area contributed by atoms with Crippen molar-refractivity contribution in [3.8, 4) is 0 Å². The van der Waals surface area contributed by atoms with E-state index in [4.69, 9.17) is 0 Å². The summed E-state index contributed by atoms with van der Waals surface area (Å²) >= 11 is 0. The van der Waals surface area contributed by atoms with Crippen molar-refractivity contribution in [2.45, 2.75) is 12.8 Å². The van der Waals surface area contributed by atoms with Crippen LogP contribution in [0.15, 0.2) is 78.9 Å². The molecule has 0 fully saturated rings. The lowest BCUT2D eigenvalue weighted by molar-refractivity contribution is 0.0698. The van der Waals surface area contributed by atoms with Crippen molar-refractivity contribution < 1.29 is 14.7 Å². The zero-order valence-electron chi connectivity index (χ0n) is 14.2. The fraction of sp³-hybridized carbons (Fsp3) is 0.0909. The molecule has 0 atom stereocenters. The van der Waals surface area contributed by atoms with Crippen LogP contribution in [0.25, 0.3) is 0 Å². The van der Waals surface area contributed by atoms with Crippen LogP contribution in [0.3, 0.4) is 0 Å². The number of carbonyl (C=O) groups is 2. The van der Waals surface area contributed by atoms with Crippen LogP contribution in [-0.4, -0.2) is 17.0 Å². The summed E-state index contributed by atoms with van der Waals surface area (Å²) in [5.41, 5.74) is 3.07. The lowest BCUT2D eigenvalue weighted by atomic mass is 10.0. The van der Waals surface area contributed by atoms with Crippen LogP contribution in [0.5, 0.6) is 0 Å². The zero-order valence-corrected chi connectivity index (χ0v) is 14.2. The summed E-state index contributed by atoms with van der Waals surface area (Å²) in [6, 6.07) is 23.9.